The molecular weight excluding hydrogens is 350 g/mol. The molecule has 1 aromatic rings. The van der Waals surface area contributed by atoms with E-state index in [4.69, 9.17) is 14.2 Å². The smallest absolute Gasteiger partial charge is 0.348 e. The molecule has 2 heterocycles. The number of allylic oxidation sites excluding steroid dienone is 3. The molecule has 3 rings (SSSR count). The zero-order chi connectivity index (χ0) is 19.6. The number of ether oxygens (including phenoxy) is 3. The number of carbonyl (C=O) groups excluding carboxylic acids is 2. The van der Waals surface area contributed by atoms with Crippen LogP contribution < -0.4 is 9.64 Å². The first-order valence-electron chi connectivity index (χ1n) is 8.48. The Morgan fingerprint density at radius 1 is 1.26 bits per heavy atom. The summed E-state index contributed by atoms with van der Waals surface area (Å²) in [6.45, 7) is 3.73. The second-order valence-corrected chi connectivity index (χ2v) is 6.61. The molecule has 7 heteroatoms. The van der Waals surface area contributed by atoms with Crippen molar-refractivity contribution < 1.29 is 28.9 Å². The summed E-state index contributed by atoms with van der Waals surface area (Å²) in [6.07, 6.45) is 6.76. The van der Waals surface area contributed by atoms with Gasteiger partial charge in [-0.25, -0.2) is 9.59 Å². The first-order chi connectivity index (χ1) is 12.8. The molecule has 142 valence electrons. The van der Waals surface area contributed by atoms with E-state index >= 15 is 0 Å². The Morgan fingerprint density at radius 2 is 1.96 bits per heavy atom. The molecule has 0 aromatic heterocycles. The fourth-order valence-electron chi connectivity index (χ4n) is 2.91. The van der Waals surface area contributed by atoms with Crippen molar-refractivity contribution in [3.8, 4) is 5.75 Å². The number of hydrogen-bond donors (Lipinski definition) is 1. The van der Waals surface area contributed by atoms with E-state index < -0.39 is 17.7 Å². The van der Waals surface area contributed by atoms with Gasteiger partial charge in [-0.2, -0.15) is 0 Å². The van der Waals surface area contributed by atoms with Crippen LogP contribution in [-0.2, 0) is 25.5 Å². The van der Waals surface area contributed by atoms with E-state index in [1.165, 1.54) is 25.5 Å². The molecule has 0 unspecified atom stereocenters. The minimum Gasteiger partial charge on any atom is -0.508 e. The van der Waals surface area contributed by atoms with Gasteiger partial charge in [-0.3, -0.25) is 0 Å². The van der Waals surface area contributed by atoms with Crippen LogP contribution in [-0.4, -0.2) is 36.5 Å². The number of carbonyl (C=O) groups is 2. The Labute approximate surface area is 157 Å². The monoisotopic (exact) mass is 371 g/mol. The van der Waals surface area contributed by atoms with Crippen LogP contribution in [0.15, 0.2) is 54.0 Å². The molecule has 0 radical (unpaired) electrons. The Bertz CT molecular complexity index is 843. The van der Waals surface area contributed by atoms with Gasteiger partial charge in [0.25, 0.3) is 5.79 Å². The van der Waals surface area contributed by atoms with Crippen molar-refractivity contribution >= 4 is 17.6 Å². The highest BCUT2D eigenvalue weighted by Gasteiger charge is 2.38. The van der Waals surface area contributed by atoms with Gasteiger partial charge in [0.15, 0.2) is 0 Å². The highest BCUT2D eigenvalue weighted by molar-refractivity contribution is 6.15. The lowest BCUT2D eigenvalue weighted by atomic mass is 10.1. The fourth-order valence-corrected chi connectivity index (χ4v) is 2.91. The molecule has 0 bridgehead atoms. The maximum absolute atomic E-state index is 11.9. The third-order valence-electron chi connectivity index (χ3n) is 4.16. The van der Waals surface area contributed by atoms with Crippen molar-refractivity contribution in [3.05, 3.63) is 59.5 Å². The Balaban J connectivity index is 1.70. The van der Waals surface area contributed by atoms with E-state index in [-0.39, 0.29) is 11.3 Å². The molecular formula is C20H21NO6. The predicted octanol–water partition coefficient (Wildman–Crippen LogP) is 2.78. The lowest BCUT2D eigenvalue weighted by Gasteiger charge is -2.29. The number of aliphatic hydroxyl groups excluding tert-OH is 1. The number of aliphatic hydroxyl groups is 1. The zero-order valence-corrected chi connectivity index (χ0v) is 15.4. The van der Waals surface area contributed by atoms with Gasteiger partial charge in [0, 0.05) is 38.4 Å². The Kier molecular flexibility index (Phi) is 4.94. The number of methoxy groups -OCH3 is 1. The number of rotatable bonds is 4. The van der Waals surface area contributed by atoms with Crippen LogP contribution >= 0.6 is 0 Å². The number of benzene rings is 1. The van der Waals surface area contributed by atoms with Crippen LogP contribution in [0.25, 0.3) is 0 Å². The standard InChI is InChI=1S/C20H21NO6/c1-20(2)26-18(23)16(19(24)27-20)12-14(22)5-4-9-21-10-8-13-11-15(25-3)6-7-17(13)21/h4-7,9,11-12,22H,8,10H2,1-3H3/b9-4+,14-5-. The van der Waals surface area contributed by atoms with Crippen molar-refractivity contribution in [3.63, 3.8) is 0 Å². The van der Waals surface area contributed by atoms with Crippen LogP contribution in [0.5, 0.6) is 5.75 Å². The maximum atomic E-state index is 11.9. The summed E-state index contributed by atoms with van der Waals surface area (Å²) in [4.78, 5) is 25.8. The van der Waals surface area contributed by atoms with E-state index in [1.54, 1.807) is 13.2 Å². The van der Waals surface area contributed by atoms with Gasteiger partial charge in [-0.05, 0) is 42.3 Å². The Hall–Kier alpha value is -3.22. The molecule has 27 heavy (non-hydrogen) atoms. The summed E-state index contributed by atoms with van der Waals surface area (Å²) < 4.78 is 15.2. The average Bonchev–Trinajstić information content (AvgIpc) is 2.99. The summed E-state index contributed by atoms with van der Waals surface area (Å²) >= 11 is 0. The molecule has 1 aromatic carbocycles. The van der Waals surface area contributed by atoms with Crippen LogP contribution in [0, 0.1) is 0 Å². The topological polar surface area (TPSA) is 85.3 Å². The number of anilines is 1. The summed E-state index contributed by atoms with van der Waals surface area (Å²) in [7, 11) is 1.63. The number of cyclic esters (lactones) is 2. The van der Waals surface area contributed by atoms with Crippen molar-refractivity contribution in [2.75, 3.05) is 18.6 Å². The predicted molar refractivity (Wildman–Crippen MR) is 98.2 cm³/mol. The highest BCUT2D eigenvalue weighted by atomic mass is 16.7. The lowest BCUT2D eigenvalue weighted by Crippen LogP contribution is -2.41. The van der Waals surface area contributed by atoms with Crippen molar-refractivity contribution in [2.24, 2.45) is 0 Å². The second kappa shape index (κ2) is 7.19. The number of fused-ring (bicyclic) bond motifs is 1. The third-order valence-corrected chi connectivity index (χ3v) is 4.16. The van der Waals surface area contributed by atoms with E-state index in [0.29, 0.717) is 0 Å². The molecule has 0 amide bonds. The van der Waals surface area contributed by atoms with Crippen LogP contribution in [0.1, 0.15) is 19.4 Å². The fraction of sp³-hybridized carbons (Fsp3) is 0.300. The maximum Gasteiger partial charge on any atom is 0.348 e. The molecule has 7 nitrogen and oxygen atoms in total. The number of hydrogen-bond acceptors (Lipinski definition) is 7. The average molecular weight is 371 g/mol. The molecule has 0 atom stereocenters. The van der Waals surface area contributed by atoms with Crippen LogP contribution in [0.4, 0.5) is 5.69 Å². The zero-order valence-electron chi connectivity index (χ0n) is 15.4. The summed E-state index contributed by atoms with van der Waals surface area (Å²) in [5.41, 5.74) is 1.90. The largest absolute Gasteiger partial charge is 0.508 e. The molecule has 0 spiro atoms. The van der Waals surface area contributed by atoms with E-state index in [0.717, 1.165) is 30.5 Å². The number of esters is 2. The molecule has 0 saturated carbocycles. The summed E-state index contributed by atoms with van der Waals surface area (Å²) in [5.74, 6) is -2.41. The van der Waals surface area contributed by atoms with Gasteiger partial charge < -0.3 is 24.2 Å². The van der Waals surface area contributed by atoms with Gasteiger partial charge in [-0.15, -0.1) is 0 Å². The normalized spacial score (nSPS) is 19.0. The van der Waals surface area contributed by atoms with E-state index in [1.807, 2.05) is 29.3 Å². The first kappa shape index (κ1) is 18.6. The molecule has 1 saturated heterocycles. The quantitative estimate of drug-likeness (QED) is 0.286. The molecule has 0 aliphatic carbocycles. The van der Waals surface area contributed by atoms with Crippen molar-refractivity contribution in [1.82, 2.24) is 0 Å². The minimum absolute atomic E-state index is 0.260. The minimum atomic E-state index is -1.31. The molecule has 2 aliphatic heterocycles. The van der Waals surface area contributed by atoms with E-state index in [9.17, 15) is 14.7 Å². The van der Waals surface area contributed by atoms with Gasteiger partial charge in [0.2, 0.25) is 0 Å². The SMILES string of the molecule is COc1ccc2c(c1)CCN2/C=C/C=C(\O)C=C1C(=O)OC(C)(C)OC1=O. The van der Waals surface area contributed by atoms with Crippen LogP contribution in [0.2, 0.25) is 0 Å². The van der Waals surface area contributed by atoms with Crippen molar-refractivity contribution in [1.29, 1.82) is 0 Å². The number of nitrogens with zero attached hydrogens (tertiary/aromatic N) is 1. The van der Waals surface area contributed by atoms with Gasteiger partial charge in [0.05, 0.1) is 7.11 Å². The van der Waals surface area contributed by atoms with Crippen LogP contribution in [0.3, 0.4) is 0 Å². The third kappa shape index (κ3) is 4.13. The second-order valence-electron chi connectivity index (χ2n) is 6.61. The van der Waals surface area contributed by atoms with E-state index in [2.05, 4.69) is 0 Å². The molecule has 2 aliphatic rings. The first-order valence-corrected chi connectivity index (χ1v) is 8.48. The lowest BCUT2D eigenvalue weighted by molar-refractivity contribution is -0.222. The summed E-state index contributed by atoms with van der Waals surface area (Å²) in [5, 5.41) is 9.99. The van der Waals surface area contributed by atoms with Gasteiger partial charge >= 0.3 is 11.9 Å². The molecule has 1 fully saturated rings. The van der Waals surface area contributed by atoms with Gasteiger partial charge in [0.1, 0.15) is 17.1 Å². The Morgan fingerprint density at radius 3 is 2.63 bits per heavy atom. The molecule has 1 N–H and O–H groups in total. The highest BCUT2D eigenvalue weighted by Crippen LogP contribution is 2.31. The van der Waals surface area contributed by atoms with Crippen molar-refractivity contribution in [2.45, 2.75) is 26.1 Å². The van der Waals surface area contributed by atoms with Gasteiger partial charge in [-0.1, -0.05) is 0 Å². The summed E-state index contributed by atoms with van der Waals surface area (Å²) in [6, 6.07) is 5.88.